The normalized spacial score (nSPS) is 20.1. The van der Waals surface area contributed by atoms with Crippen LogP contribution in [-0.4, -0.2) is 12.9 Å². The highest BCUT2D eigenvalue weighted by Crippen LogP contribution is 2.48. The number of hydrogen-bond acceptors (Lipinski definition) is 3. The summed E-state index contributed by atoms with van der Waals surface area (Å²) in [6.45, 7) is 0.0299. The van der Waals surface area contributed by atoms with Crippen molar-refractivity contribution < 1.29 is 18.3 Å². The summed E-state index contributed by atoms with van der Waals surface area (Å²) < 4.78 is 33.3. The highest BCUT2D eigenvalue weighted by molar-refractivity contribution is 7.99. The lowest BCUT2D eigenvalue weighted by atomic mass is 9.96. The van der Waals surface area contributed by atoms with Crippen LogP contribution in [0.1, 0.15) is 10.8 Å². The minimum Gasteiger partial charge on any atom is -0.489 e. The van der Waals surface area contributed by atoms with Crippen LogP contribution in [0.5, 0.6) is 5.75 Å². The molecule has 22 heavy (non-hydrogen) atoms. The molecule has 0 bridgehead atoms. The van der Waals surface area contributed by atoms with Gasteiger partial charge in [-0.05, 0) is 36.4 Å². The highest BCUT2D eigenvalue weighted by Gasteiger charge is 2.35. The summed E-state index contributed by atoms with van der Waals surface area (Å²) in [5.74, 6) is -1.86. The van der Waals surface area contributed by atoms with Crippen molar-refractivity contribution in [3.05, 3.63) is 58.6 Å². The molecule has 0 spiro atoms. The molecule has 0 aromatic heterocycles. The number of aldehydes is 1. The molecule has 2 unspecified atom stereocenters. The second kappa shape index (κ2) is 6.26. The van der Waals surface area contributed by atoms with Crippen molar-refractivity contribution >= 4 is 29.6 Å². The number of carbonyl (C=O) groups is 1. The van der Waals surface area contributed by atoms with Crippen LogP contribution < -0.4 is 4.74 Å². The Hall–Kier alpha value is -1.59. The number of fused-ring (bicyclic) bond motifs is 1. The van der Waals surface area contributed by atoms with E-state index in [2.05, 4.69) is 0 Å². The van der Waals surface area contributed by atoms with Crippen molar-refractivity contribution in [1.29, 1.82) is 0 Å². The number of benzene rings is 2. The van der Waals surface area contributed by atoms with E-state index in [0.717, 1.165) is 23.3 Å². The SMILES string of the molecule is O=CC1COc2c(F)ccc(F)c2C1Sc1ccc(Cl)cc1. The molecule has 0 N–H and O–H groups in total. The number of thioether (sulfide) groups is 1. The van der Waals surface area contributed by atoms with E-state index in [9.17, 15) is 13.6 Å². The van der Waals surface area contributed by atoms with Crippen LogP contribution in [0.3, 0.4) is 0 Å². The molecule has 0 radical (unpaired) electrons. The molecular weight excluding hydrogens is 330 g/mol. The molecule has 2 aromatic rings. The zero-order valence-corrected chi connectivity index (χ0v) is 12.8. The zero-order valence-electron chi connectivity index (χ0n) is 11.3. The number of carbonyl (C=O) groups excluding carboxylic acids is 1. The predicted molar refractivity (Wildman–Crippen MR) is 81.5 cm³/mol. The van der Waals surface area contributed by atoms with E-state index in [4.69, 9.17) is 16.3 Å². The molecule has 2 nitrogen and oxygen atoms in total. The van der Waals surface area contributed by atoms with E-state index >= 15 is 0 Å². The van der Waals surface area contributed by atoms with Crippen molar-refractivity contribution in [1.82, 2.24) is 0 Å². The molecule has 0 saturated carbocycles. The highest BCUT2D eigenvalue weighted by atomic mass is 35.5. The van der Waals surface area contributed by atoms with Crippen molar-refractivity contribution in [2.45, 2.75) is 10.1 Å². The molecule has 0 aliphatic carbocycles. The van der Waals surface area contributed by atoms with Crippen molar-refractivity contribution in [2.75, 3.05) is 6.61 Å². The topological polar surface area (TPSA) is 26.3 Å². The number of halogens is 3. The Bertz CT molecular complexity index is 706. The van der Waals surface area contributed by atoms with Gasteiger partial charge in [-0.3, -0.25) is 0 Å². The molecule has 2 aromatic carbocycles. The fourth-order valence-electron chi connectivity index (χ4n) is 2.36. The first kappa shape index (κ1) is 15.3. The van der Waals surface area contributed by atoms with Crippen molar-refractivity contribution in [3.63, 3.8) is 0 Å². The molecule has 1 aliphatic heterocycles. The van der Waals surface area contributed by atoms with Crippen LogP contribution >= 0.6 is 23.4 Å². The second-order valence-corrected chi connectivity index (χ2v) is 6.53. The Morgan fingerprint density at radius 1 is 1.14 bits per heavy atom. The van der Waals surface area contributed by atoms with Gasteiger partial charge in [0.2, 0.25) is 0 Å². The summed E-state index contributed by atoms with van der Waals surface area (Å²) in [5.41, 5.74) is 0.100. The smallest absolute Gasteiger partial charge is 0.165 e. The maximum absolute atomic E-state index is 14.2. The van der Waals surface area contributed by atoms with Crippen LogP contribution in [0.15, 0.2) is 41.3 Å². The van der Waals surface area contributed by atoms with E-state index in [1.165, 1.54) is 11.8 Å². The van der Waals surface area contributed by atoms with Crippen LogP contribution in [0, 0.1) is 17.6 Å². The van der Waals surface area contributed by atoms with Gasteiger partial charge in [0.25, 0.3) is 0 Å². The third-order valence-electron chi connectivity index (χ3n) is 3.44. The first-order valence-corrected chi connectivity index (χ1v) is 7.84. The largest absolute Gasteiger partial charge is 0.489 e. The van der Waals surface area contributed by atoms with E-state index in [-0.39, 0.29) is 17.9 Å². The molecule has 2 atom stereocenters. The standard InChI is InChI=1S/C16H11ClF2O2S/c17-10-1-3-11(4-2-10)22-16-9(7-20)8-21-15-13(19)6-5-12(18)14(15)16/h1-7,9,16H,8H2. The third-order valence-corrected chi connectivity index (χ3v) is 5.08. The molecule has 0 fully saturated rings. The number of rotatable bonds is 3. The van der Waals surface area contributed by atoms with Gasteiger partial charge in [0.05, 0.1) is 17.8 Å². The van der Waals surface area contributed by atoms with Crippen LogP contribution in [0.2, 0.25) is 5.02 Å². The third kappa shape index (κ3) is 2.83. The van der Waals surface area contributed by atoms with E-state index < -0.39 is 22.8 Å². The molecule has 3 rings (SSSR count). The van der Waals surface area contributed by atoms with Gasteiger partial charge >= 0.3 is 0 Å². The summed E-state index contributed by atoms with van der Waals surface area (Å²) >= 11 is 7.14. The van der Waals surface area contributed by atoms with E-state index in [1.807, 2.05) is 0 Å². The van der Waals surface area contributed by atoms with Crippen molar-refractivity contribution in [3.8, 4) is 5.75 Å². The Labute approximate surface area is 135 Å². The molecule has 1 aliphatic rings. The predicted octanol–water partition coefficient (Wildman–Crippen LogP) is 4.66. The van der Waals surface area contributed by atoms with Gasteiger partial charge in [-0.2, -0.15) is 0 Å². The fourth-order valence-corrected chi connectivity index (χ4v) is 3.73. The molecular formula is C16H11ClF2O2S. The maximum Gasteiger partial charge on any atom is 0.165 e. The summed E-state index contributed by atoms with van der Waals surface area (Å²) in [5, 5.41) is 0.0408. The van der Waals surface area contributed by atoms with Crippen LogP contribution in [0.4, 0.5) is 8.78 Å². The molecule has 6 heteroatoms. The lowest BCUT2D eigenvalue weighted by molar-refractivity contribution is -0.112. The van der Waals surface area contributed by atoms with Gasteiger partial charge in [-0.1, -0.05) is 11.6 Å². The quantitative estimate of drug-likeness (QED) is 0.760. The lowest BCUT2D eigenvalue weighted by Crippen LogP contribution is -2.27. The summed E-state index contributed by atoms with van der Waals surface area (Å²) in [7, 11) is 0. The van der Waals surface area contributed by atoms with Crippen LogP contribution in [-0.2, 0) is 4.79 Å². The Balaban J connectivity index is 2.02. The van der Waals surface area contributed by atoms with Gasteiger partial charge in [0.1, 0.15) is 12.1 Å². The average Bonchev–Trinajstić information content (AvgIpc) is 2.53. The van der Waals surface area contributed by atoms with E-state index in [1.54, 1.807) is 24.3 Å². The Morgan fingerprint density at radius 2 is 1.82 bits per heavy atom. The first-order chi connectivity index (χ1) is 10.6. The summed E-state index contributed by atoms with van der Waals surface area (Å²) in [6, 6.07) is 9.06. The Kier molecular flexibility index (Phi) is 4.36. The molecule has 0 amide bonds. The minimum absolute atomic E-state index is 0.0299. The average molecular weight is 341 g/mol. The van der Waals surface area contributed by atoms with E-state index in [0.29, 0.717) is 5.02 Å². The number of ether oxygens (including phenoxy) is 1. The zero-order chi connectivity index (χ0) is 15.7. The summed E-state index contributed by atoms with van der Waals surface area (Å²) in [6.07, 6.45) is 0.723. The summed E-state index contributed by atoms with van der Waals surface area (Å²) in [4.78, 5) is 12.1. The van der Waals surface area contributed by atoms with Gasteiger partial charge in [-0.15, -0.1) is 11.8 Å². The first-order valence-electron chi connectivity index (χ1n) is 6.58. The van der Waals surface area contributed by atoms with Crippen molar-refractivity contribution in [2.24, 2.45) is 5.92 Å². The Morgan fingerprint density at radius 3 is 2.50 bits per heavy atom. The monoisotopic (exact) mass is 340 g/mol. The van der Waals surface area contributed by atoms with Crippen LogP contribution in [0.25, 0.3) is 0 Å². The van der Waals surface area contributed by atoms with Gasteiger partial charge in [0, 0.05) is 15.5 Å². The molecule has 1 heterocycles. The lowest BCUT2D eigenvalue weighted by Gasteiger charge is -2.30. The van der Waals surface area contributed by atoms with Gasteiger partial charge in [-0.25, -0.2) is 8.78 Å². The number of hydrogen-bond donors (Lipinski definition) is 0. The fraction of sp³-hybridized carbons (Fsp3) is 0.188. The molecule has 0 saturated heterocycles. The van der Waals surface area contributed by atoms with Gasteiger partial charge < -0.3 is 9.53 Å². The maximum atomic E-state index is 14.2. The molecule has 114 valence electrons. The second-order valence-electron chi connectivity index (χ2n) is 4.88. The minimum atomic E-state index is -0.623. The van der Waals surface area contributed by atoms with Gasteiger partial charge in [0.15, 0.2) is 11.6 Å².